The van der Waals surface area contributed by atoms with Gasteiger partial charge in [-0.2, -0.15) is 0 Å². The lowest BCUT2D eigenvalue weighted by Gasteiger charge is -2.31. The van der Waals surface area contributed by atoms with Gasteiger partial charge in [-0.05, 0) is 51.3 Å². The van der Waals surface area contributed by atoms with Gasteiger partial charge < -0.3 is 24.3 Å². The van der Waals surface area contributed by atoms with Crippen LogP contribution in [0.25, 0.3) is 0 Å². The van der Waals surface area contributed by atoms with Crippen LogP contribution >= 0.6 is 0 Å². The molecule has 0 aliphatic heterocycles. The molecule has 0 fully saturated rings. The van der Waals surface area contributed by atoms with Crippen LogP contribution in [0.4, 0.5) is 4.79 Å². The lowest BCUT2D eigenvalue weighted by atomic mass is 10.0. The molecule has 0 radical (unpaired) electrons. The summed E-state index contributed by atoms with van der Waals surface area (Å²) in [4.78, 5) is 39.3. The fourth-order valence-electron chi connectivity index (χ4n) is 2.85. The second kappa shape index (κ2) is 12.1. The number of amides is 2. The van der Waals surface area contributed by atoms with Crippen molar-refractivity contribution in [2.45, 2.75) is 51.3 Å². The summed E-state index contributed by atoms with van der Waals surface area (Å²) in [5.41, 5.74) is -0.201. The lowest BCUT2D eigenvalue weighted by Crippen LogP contribution is -2.49. The van der Waals surface area contributed by atoms with Crippen LogP contribution in [0.15, 0.2) is 24.3 Å². The zero-order valence-electron chi connectivity index (χ0n) is 19.4. The molecular weight excluding hydrogens is 404 g/mol. The number of esters is 1. The average Bonchev–Trinajstić information content (AvgIpc) is 2.71. The van der Waals surface area contributed by atoms with Gasteiger partial charge in [0, 0.05) is 20.8 Å². The van der Waals surface area contributed by atoms with Crippen LogP contribution in [0.5, 0.6) is 5.75 Å². The van der Waals surface area contributed by atoms with E-state index in [1.807, 2.05) is 0 Å². The molecule has 2 atom stereocenters. The Hall–Kier alpha value is -2.81. The van der Waals surface area contributed by atoms with E-state index in [1.54, 1.807) is 52.1 Å². The van der Waals surface area contributed by atoms with Gasteiger partial charge >= 0.3 is 12.1 Å². The van der Waals surface area contributed by atoms with Gasteiger partial charge in [0.25, 0.3) is 0 Å². The SMILES string of the molecule is COCCC[C@H](NC(=O)[C@H](c1ccc(OC)cc1)N(C)C(=O)OC(C)(C)C)C(=O)OC. The van der Waals surface area contributed by atoms with Crippen molar-refractivity contribution in [1.29, 1.82) is 0 Å². The van der Waals surface area contributed by atoms with Crippen LogP contribution in [0.3, 0.4) is 0 Å². The van der Waals surface area contributed by atoms with Crippen LogP contribution in [0.1, 0.15) is 45.2 Å². The number of nitrogens with one attached hydrogen (secondary N) is 1. The number of benzene rings is 1. The quantitative estimate of drug-likeness (QED) is 0.442. The summed E-state index contributed by atoms with van der Waals surface area (Å²) in [6.45, 7) is 5.65. The number of carbonyl (C=O) groups excluding carboxylic acids is 3. The molecule has 0 aromatic heterocycles. The Bertz CT molecular complexity index is 728. The predicted molar refractivity (Wildman–Crippen MR) is 115 cm³/mol. The monoisotopic (exact) mass is 438 g/mol. The molecule has 0 bridgehead atoms. The first-order valence-electron chi connectivity index (χ1n) is 10.0. The standard InChI is InChI=1S/C22H34N2O7/c1-22(2,3)31-21(27)24(4)18(15-10-12-16(29-6)13-11-15)19(25)23-17(20(26)30-7)9-8-14-28-5/h10-13,17-18H,8-9,14H2,1-7H3,(H,23,25)/t17-,18-/m0/s1. The fraction of sp³-hybridized carbons (Fsp3) is 0.591. The summed E-state index contributed by atoms with van der Waals surface area (Å²) in [5, 5.41) is 2.70. The minimum Gasteiger partial charge on any atom is -0.497 e. The van der Waals surface area contributed by atoms with E-state index in [9.17, 15) is 14.4 Å². The van der Waals surface area contributed by atoms with Crippen LogP contribution < -0.4 is 10.1 Å². The first-order chi connectivity index (χ1) is 14.5. The van der Waals surface area contributed by atoms with E-state index in [2.05, 4.69) is 5.32 Å². The lowest BCUT2D eigenvalue weighted by molar-refractivity contribution is -0.146. The third-order valence-corrected chi connectivity index (χ3v) is 4.39. The summed E-state index contributed by atoms with van der Waals surface area (Å²) in [7, 11) is 5.82. The number of ether oxygens (including phenoxy) is 4. The van der Waals surface area contributed by atoms with Crippen LogP contribution in [-0.2, 0) is 23.8 Å². The van der Waals surface area contributed by atoms with E-state index in [-0.39, 0.29) is 0 Å². The highest BCUT2D eigenvalue weighted by atomic mass is 16.6. The number of methoxy groups -OCH3 is 3. The minimum atomic E-state index is -1.03. The highest BCUT2D eigenvalue weighted by Crippen LogP contribution is 2.25. The van der Waals surface area contributed by atoms with Crippen molar-refractivity contribution < 1.29 is 33.3 Å². The van der Waals surface area contributed by atoms with Crippen LogP contribution in [0, 0.1) is 0 Å². The molecule has 0 unspecified atom stereocenters. The molecule has 31 heavy (non-hydrogen) atoms. The zero-order valence-corrected chi connectivity index (χ0v) is 19.4. The van der Waals surface area contributed by atoms with Crippen molar-refractivity contribution in [3.05, 3.63) is 29.8 Å². The summed E-state index contributed by atoms with van der Waals surface area (Å²) >= 11 is 0. The van der Waals surface area contributed by atoms with Gasteiger partial charge in [0.2, 0.25) is 5.91 Å². The Morgan fingerprint density at radius 3 is 2.16 bits per heavy atom. The third-order valence-electron chi connectivity index (χ3n) is 4.39. The largest absolute Gasteiger partial charge is 0.497 e. The molecule has 9 nitrogen and oxygen atoms in total. The number of nitrogens with zero attached hydrogens (tertiary/aromatic N) is 1. The first kappa shape index (κ1) is 26.2. The maximum atomic E-state index is 13.2. The van der Waals surface area contributed by atoms with Gasteiger partial charge in [0.1, 0.15) is 23.4 Å². The minimum absolute atomic E-state index is 0.331. The Morgan fingerprint density at radius 1 is 1.06 bits per heavy atom. The van der Waals surface area contributed by atoms with E-state index in [0.29, 0.717) is 30.8 Å². The molecule has 1 aromatic rings. The Kier molecular flexibility index (Phi) is 10.3. The Morgan fingerprint density at radius 2 is 1.68 bits per heavy atom. The van der Waals surface area contributed by atoms with Gasteiger partial charge in [-0.3, -0.25) is 9.69 Å². The topological polar surface area (TPSA) is 103 Å². The molecule has 2 amide bonds. The fourth-order valence-corrected chi connectivity index (χ4v) is 2.85. The Labute approximate surface area is 184 Å². The number of hydrogen-bond donors (Lipinski definition) is 1. The van der Waals surface area contributed by atoms with Crippen molar-refractivity contribution in [3.8, 4) is 5.75 Å². The summed E-state index contributed by atoms with van der Waals surface area (Å²) in [6.07, 6.45) is 0.209. The van der Waals surface area contributed by atoms with E-state index >= 15 is 0 Å². The summed E-state index contributed by atoms with van der Waals surface area (Å²) < 4.78 is 20.4. The van der Waals surface area contributed by atoms with E-state index < -0.39 is 35.7 Å². The third kappa shape index (κ3) is 8.45. The van der Waals surface area contributed by atoms with Gasteiger partial charge in [-0.1, -0.05) is 12.1 Å². The molecule has 1 rings (SSSR count). The maximum Gasteiger partial charge on any atom is 0.410 e. The summed E-state index contributed by atoms with van der Waals surface area (Å²) in [6, 6.07) is 4.84. The van der Waals surface area contributed by atoms with E-state index in [0.717, 1.165) is 0 Å². The van der Waals surface area contributed by atoms with Gasteiger partial charge in [-0.25, -0.2) is 9.59 Å². The second-order valence-corrected chi connectivity index (χ2v) is 7.99. The predicted octanol–water partition coefficient (Wildman–Crippen LogP) is 2.69. The molecule has 0 saturated carbocycles. The van der Waals surface area contributed by atoms with Gasteiger partial charge in [0.05, 0.1) is 14.2 Å². The molecule has 1 N–H and O–H groups in total. The molecular formula is C22H34N2O7. The molecule has 1 aromatic carbocycles. The van der Waals surface area contributed by atoms with Gasteiger partial charge in [0.15, 0.2) is 0 Å². The number of likely N-dealkylation sites (N-methyl/N-ethyl adjacent to an activating group) is 1. The molecule has 0 aliphatic rings. The number of rotatable bonds is 10. The molecule has 0 saturated heterocycles. The molecule has 9 heteroatoms. The molecule has 174 valence electrons. The average molecular weight is 439 g/mol. The molecule has 0 heterocycles. The second-order valence-electron chi connectivity index (χ2n) is 7.99. The summed E-state index contributed by atoms with van der Waals surface area (Å²) in [5.74, 6) is -0.501. The van der Waals surface area contributed by atoms with Crippen LogP contribution in [0.2, 0.25) is 0 Å². The highest BCUT2D eigenvalue weighted by Gasteiger charge is 2.34. The normalized spacial score (nSPS) is 13.0. The number of hydrogen-bond acceptors (Lipinski definition) is 7. The van der Waals surface area contributed by atoms with Crippen molar-refractivity contribution in [2.24, 2.45) is 0 Å². The van der Waals surface area contributed by atoms with Crippen LogP contribution in [-0.4, -0.2) is 69.5 Å². The number of carbonyl (C=O) groups is 3. The zero-order chi connectivity index (χ0) is 23.6. The Balaban J connectivity index is 3.19. The molecule has 0 spiro atoms. The van der Waals surface area contributed by atoms with Gasteiger partial charge in [-0.15, -0.1) is 0 Å². The van der Waals surface area contributed by atoms with E-state index in [4.69, 9.17) is 18.9 Å². The van der Waals surface area contributed by atoms with Crippen molar-refractivity contribution in [3.63, 3.8) is 0 Å². The van der Waals surface area contributed by atoms with Crippen molar-refractivity contribution in [2.75, 3.05) is 35.0 Å². The van der Waals surface area contributed by atoms with E-state index in [1.165, 1.54) is 26.2 Å². The molecule has 0 aliphatic carbocycles. The van der Waals surface area contributed by atoms with Crippen molar-refractivity contribution in [1.82, 2.24) is 10.2 Å². The maximum absolute atomic E-state index is 13.2. The van der Waals surface area contributed by atoms with Crippen molar-refractivity contribution >= 4 is 18.0 Å². The smallest absolute Gasteiger partial charge is 0.410 e. The first-order valence-corrected chi connectivity index (χ1v) is 10.0. The highest BCUT2D eigenvalue weighted by molar-refractivity contribution is 5.90.